The van der Waals surface area contributed by atoms with Crippen molar-refractivity contribution in [3.8, 4) is 0 Å². The summed E-state index contributed by atoms with van der Waals surface area (Å²) in [5.74, 6) is -0.581. The number of carbonyl (C=O) groups is 1. The molecule has 1 heterocycles. The van der Waals surface area contributed by atoms with Crippen LogP contribution in [0.5, 0.6) is 0 Å². The van der Waals surface area contributed by atoms with Gasteiger partial charge in [-0.15, -0.1) is 0 Å². The van der Waals surface area contributed by atoms with Gasteiger partial charge in [-0.05, 0) is 26.0 Å². The first-order valence-electron chi connectivity index (χ1n) is 5.77. The Balaban J connectivity index is 2.27. The predicted octanol–water partition coefficient (Wildman–Crippen LogP) is 0.315. The van der Waals surface area contributed by atoms with Gasteiger partial charge in [-0.25, -0.2) is 17.9 Å². The van der Waals surface area contributed by atoms with Gasteiger partial charge in [0, 0.05) is 12.1 Å². The monoisotopic (exact) mass is 290 g/mol. The minimum absolute atomic E-state index is 0.0458. The number of furan rings is 1. The molecule has 0 aliphatic carbocycles. The van der Waals surface area contributed by atoms with E-state index < -0.39 is 16.0 Å². The molecule has 0 saturated heterocycles. The summed E-state index contributed by atoms with van der Waals surface area (Å²) in [6.45, 7) is 3.05. The molecule has 0 atom stereocenters. The fourth-order valence-electron chi connectivity index (χ4n) is 1.53. The molecule has 19 heavy (non-hydrogen) atoms. The van der Waals surface area contributed by atoms with E-state index in [1.165, 1.54) is 0 Å². The van der Waals surface area contributed by atoms with Gasteiger partial charge in [-0.3, -0.25) is 0 Å². The van der Waals surface area contributed by atoms with Crippen molar-refractivity contribution in [2.75, 3.05) is 19.3 Å². The minimum Gasteiger partial charge on any atom is -0.475 e. The number of carboxylic acids is 1. The van der Waals surface area contributed by atoms with Gasteiger partial charge in [0.1, 0.15) is 5.76 Å². The Hall–Kier alpha value is -1.38. The Morgan fingerprint density at radius 3 is 2.63 bits per heavy atom. The molecular formula is C11H18N2O5S. The third-order valence-electron chi connectivity index (χ3n) is 2.36. The third kappa shape index (κ3) is 5.86. The Kier molecular flexibility index (Phi) is 5.52. The predicted molar refractivity (Wildman–Crippen MR) is 69.6 cm³/mol. The summed E-state index contributed by atoms with van der Waals surface area (Å²) < 4.78 is 29.1. The van der Waals surface area contributed by atoms with Crippen LogP contribution in [-0.2, 0) is 16.6 Å². The lowest BCUT2D eigenvalue weighted by Crippen LogP contribution is -2.26. The zero-order valence-corrected chi connectivity index (χ0v) is 11.7. The highest BCUT2D eigenvalue weighted by Gasteiger charge is 2.13. The molecule has 0 amide bonds. The van der Waals surface area contributed by atoms with Crippen LogP contribution in [0, 0.1) is 6.92 Å². The Morgan fingerprint density at radius 2 is 2.11 bits per heavy atom. The molecule has 0 aromatic carbocycles. The lowest BCUT2D eigenvalue weighted by molar-refractivity contribution is 0.0659. The third-order valence-corrected chi connectivity index (χ3v) is 3.09. The van der Waals surface area contributed by atoms with Crippen molar-refractivity contribution in [3.63, 3.8) is 0 Å². The molecule has 1 rings (SSSR count). The number of nitrogens with one attached hydrogen (secondary N) is 2. The molecule has 0 fully saturated rings. The molecule has 7 nitrogen and oxygen atoms in total. The topological polar surface area (TPSA) is 109 Å². The number of aromatic carboxylic acids is 1. The van der Waals surface area contributed by atoms with Crippen molar-refractivity contribution in [1.29, 1.82) is 0 Å². The maximum atomic E-state index is 10.8. The van der Waals surface area contributed by atoms with Gasteiger partial charge in [0.15, 0.2) is 0 Å². The molecule has 0 bridgehead atoms. The van der Waals surface area contributed by atoms with E-state index in [0.717, 1.165) is 6.26 Å². The molecule has 108 valence electrons. The van der Waals surface area contributed by atoms with Crippen LogP contribution >= 0.6 is 0 Å². The molecule has 1 aromatic heterocycles. The van der Waals surface area contributed by atoms with Crippen LogP contribution in [0.3, 0.4) is 0 Å². The minimum atomic E-state index is -3.14. The lowest BCUT2D eigenvalue weighted by Gasteiger charge is -2.03. The summed E-state index contributed by atoms with van der Waals surface area (Å²) in [5.41, 5.74) is 0.586. The molecule has 0 saturated carbocycles. The van der Waals surface area contributed by atoms with Crippen molar-refractivity contribution in [2.24, 2.45) is 0 Å². The fourth-order valence-corrected chi connectivity index (χ4v) is 2.05. The first kappa shape index (κ1) is 15.7. The van der Waals surface area contributed by atoms with Gasteiger partial charge < -0.3 is 14.8 Å². The van der Waals surface area contributed by atoms with Crippen molar-refractivity contribution in [1.82, 2.24) is 10.0 Å². The zero-order chi connectivity index (χ0) is 14.5. The first-order valence-corrected chi connectivity index (χ1v) is 7.66. The van der Waals surface area contributed by atoms with Gasteiger partial charge in [0.05, 0.1) is 12.8 Å². The number of hydrogen-bond donors (Lipinski definition) is 3. The maximum absolute atomic E-state index is 10.8. The Morgan fingerprint density at radius 1 is 1.42 bits per heavy atom. The van der Waals surface area contributed by atoms with Gasteiger partial charge in [0.25, 0.3) is 0 Å². The molecule has 0 unspecified atom stereocenters. The summed E-state index contributed by atoms with van der Waals surface area (Å²) >= 11 is 0. The van der Waals surface area contributed by atoms with Gasteiger partial charge in [0.2, 0.25) is 15.8 Å². The van der Waals surface area contributed by atoms with Crippen LogP contribution < -0.4 is 10.0 Å². The first-order chi connectivity index (χ1) is 8.79. The normalized spacial score (nSPS) is 11.7. The van der Waals surface area contributed by atoms with Crippen molar-refractivity contribution >= 4 is 16.0 Å². The Labute approximate surface area is 112 Å². The van der Waals surface area contributed by atoms with Crippen LogP contribution in [0.2, 0.25) is 0 Å². The molecule has 0 spiro atoms. The molecule has 3 N–H and O–H groups in total. The van der Waals surface area contributed by atoms with E-state index in [1.54, 1.807) is 13.0 Å². The average Bonchev–Trinajstić information content (AvgIpc) is 2.63. The summed E-state index contributed by atoms with van der Waals surface area (Å²) in [7, 11) is -3.14. The SMILES string of the molecule is Cc1cc(CNCCCNS(C)(=O)=O)oc1C(=O)O. The van der Waals surface area contributed by atoms with Crippen LogP contribution in [-0.4, -0.2) is 38.8 Å². The highest BCUT2D eigenvalue weighted by Crippen LogP contribution is 2.14. The molecule has 0 radical (unpaired) electrons. The largest absolute Gasteiger partial charge is 0.475 e. The highest BCUT2D eigenvalue weighted by molar-refractivity contribution is 7.88. The number of carboxylic acid groups (broad SMARTS) is 1. The van der Waals surface area contributed by atoms with E-state index >= 15 is 0 Å². The number of hydrogen-bond acceptors (Lipinski definition) is 5. The van der Waals surface area contributed by atoms with E-state index in [4.69, 9.17) is 9.52 Å². The average molecular weight is 290 g/mol. The van der Waals surface area contributed by atoms with Crippen LogP contribution in [0.15, 0.2) is 10.5 Å². The van der Waals surface area contributed by atoms with Crippen molar-refractivity contribution in [2.45, 2.75) is 19.9 Å². The van der Waals surface area contributed by atoms with E-state index in [9.17, 15) is 13.2 Å². The van der Waals surface area contributed by atoms with Gasteiger partial charge in [-0.2, -0.15) is 0 Å². The van der Waals surface area contributed by atoms with E-state index in [0.29, 0.717) is 37.4 Å². The Bertz CT molecular complexity index is 535. The molecular weight excluding hydrogens is 272 g/mol. The van der Waals surface area contributed by atoms with Gasteiger partial charge in [-0.1, -0.05) is 0 Å². The highest BCUT2D eigenvalue weighted by atomic mass is 32.2. The van der Waals surface area contributed by atoms with E-state index in [2.05, 4.69) is 10.0 Å². The molecule has 0 aliphatic heterocycles. The second kappa shape index (κ2) is 6.69. The van der Waals surface area contributed by atoms with E-state index in [-0.39, 0.29) is 5.76 Å². The summed E-state index contributed by atoms with van der Waals surface area (Å²) in [6.07, 6.45) is 1.75. The van der Waals surface area contributed by atoms with Crippen LogP contribution in [0.4, 0.5) is 0 Å². The second-order valence-corrected chi connectivity index (χ2v) is 6.06. The molecule has 0 aliphatic rings. The smallest absolute Gasteiger partial charge is 0.372 e. The molecule has 8 heteroatoms. The number of aryl methyl sites for hydroxylation is 1. The van der Waals surface area contributed by atoms with Gasteiger partial charge >= 0.3 is 5.97 Å². The van der Waals surface area contributed by atoms with E-state index in [1.807, 2.05) is 0 Å². The quantitative estimate of drug-likeness (QED) is 0.595. The van der Waals surface area contributed by atoms with Crippen LogP contribution in [0.1, 0.15) is 28.3 Å². The summed E-state index contributed by atoms with van der Waals surface area (Å²) in [6, 6.07) is 1.67. The zero-order valence-electron chi connectivity index (χ0n) is 10.9. The standard InChI is InChI=1S/C11H18N2O5S/c1-8-6-9(18-10(8)11(14)15)7-12-4-3-5-13-19(2,16)17/h6,12-13H,3-5,7H2,1-2H3,(H,14,15). The summed E-state index contributed by atoms with van der Waals surface area (Å²) in [5, 5.41) is 11.9. The van der Waals surface area contributed by atoms with Crippen molar-refractivity contribution in [3.05, 3.63) is 23.2 Å². The number of sulfonamides is 1. The van der Waals surface area contributed by atoms with Crippen LogP contribution in [0.25, 0.3) is 0 Å². The summed E-state index contributed by atoms with van der Waals surface area (Å²) in [4.78, 5) is 10.8. The molecule has 1 aromatic rings. The maximum Gasteiger partial charge on any atom is 0.372 e. The van der Waals surface area contributed by atoms with Crippen molar-refractivity contribution < 1.29 is 22.7 Å². The fraction of sp³-hybridized carbons (Fsp3) is 0.545. The second-order valence-electron chi connectivity index (χ2n) is 4.23. The lowest BCUT2D eigenvalue weighted by atomic mass is 10.2. The number of rotatable bonds is 8.